The van der Waals surface area contributed by atoms with E-state index >= 15 is 0 Å². The molecule has 0 saturated carbocycles. The Morgan fingerprint density at radius 3 is 2.37 bits per heavy atom. The highest BCUT2D eigenvalue weighted by atomic mass is 79.9. The largest absolute Gasteiger partial charge is 0.282 e. The highest BCUT2D eigenvalue weighted by Crippen LogP contribution is 2.29. The van der Waals surface area contributed by atoms with E-state index in [-0.39, 0.29) is 5.91 Å². The summed E-state index contributed by atoms with van der Waals surface area (Å²) in [5.74, 6) is 0.416. The predicted octanol–water partition coefficient (Wildman–Crippen LogP) is 5.94. The number of anilines is 1. The highest BCUT2D eigenvalue weighted by Gasteiger charge is 2.32. The zero-order valence-electron chi connectivity index (χ0n) is 14.1. The molecule has 0 N–H and O–H groups in total. The van der Waals surface area contributed by atoms with Crippen molar-refractivity contribution in [3.05, 3.63) is 105 Å². The maximum Gasteiger partial charge on any atom is 0.282 e. The van der Waals surface area contributed by atoms with Gasteiger partial charge in [0.05, 0.1) is 5.69 Å². The Kier molecular flexibility index (Phi) is 4.92. The first-order chi connectivity index (χ1) is 13.1. The Hall–Kier alpha value is -2.69. The molecule has 1 aliphatic rings. The van der Waals surface area contributed by atoms with E-state index in [1.807, 2.05) is 66.7 Å². The van der Waals surface area contributed by atoms with Crippen LogP contribution in [-0.2, 0) is 4.79 Å². The summed E-state index contributed by atoms with van der Waals surface area (Å²) in [6.45, 7) is 0. The number of carbonyl (C=O) groups excluding carboxylic acids is 1. The fourth-order valence-corrected chi connectivity index (χ4v) is 3.38. The molecule has 5 heteroatoms. The molecule has 0 radical (unpaired) electrons. The number of aliphatic imine (C=N–C) groups is 1. The summed E-state index contributed by atoms with van der Waals surface area (Å²) < 4.78 is 0.892. The number of hydrogen-bond donors (Lipinski definition) is 0. The van der Waals surface area contributed by atoms with E-state index in [0.717, 1.165) is 21.3 Å². The van der Waals surface area contributed by atoms with Crippen molar-refractivity contribution in [2.45, 2.75) is 0 Å². The molecule has 3 aromatic rings. The smallest absolute Gasteiger partial charge is 0.266 e. The Morgan fingerprint density at radius 2 is 1.67 bits per heavy atom. The Labute approximate surface area is 170 Å². The molecule has 0 spiro atoms. The number of nitrogens with zero attached hydrogens (tertiary/aromatic N) is 2. The van der Waals surface area contributed by atoms with Crippen LogP contribution >= 0.6 is 27.5 Å². The number of benzene rings is 3. The lowest BCUT2D eigenvalue weighted by atomic mass is 10.1. The minimum absolute atomic E-state index is 0.165. The number of halogens is 2. The standard InChI is InChI=1S/C22H14BrClN2O/c23-17-7-4-8-19(14-17)26-21(16-9-11-18(24)12-10-16)25-20(22(26)27)13-15-5-2-1-3-6-15/h1-14H/b20-13+. The minimum atomic E-state index is -0.165. The first-order valence-corrected chi connectivity index (χ1v) is 9.50. The van der Waals surface area contributed by atoms with Crippen molar-refractivity contribution in [3.8, 4) is 0 Å². The minimum Gasteiger partial charge on any atom is -0.266 e. The van der Waals surface area contributed by atoms with Crippen LogP contribution in [0.1, 0.15) is 11.1 Å². The fraction of sp³-hybridized carbons (Fsp3) is 0. The molecule has 0 aromatic heterocycles. The van der Waals surface area contributed by atoms with E-state index in [1.165, 1.54) is 0 Å². The van der Waals surface area contributed by atoms with Gasteiger partial charge >= 0.3 is 0 Å². The molecular formula is C22H14BrClN2O. The molecule has 0 bridgehead atoms. The van der Waals surface area contributed by atoms with Gasteiger partial charge in [-0.05, 0) is 54.1 Å². The summed E-state index contributed by atoms with van der Waals surface area (Å²) in [5.41, 5.74) is 2.89. The van der Waals surface area contributed by atoms with E-state index in [0.29, 0.717) is 16.6 Å². The molecule has 3 aromatic carbocycles. The van der Waals surface area contributed by atoms with Crippen molar-refractivity contribution in [2.75, 3.05) is 4.90 Å². The zero-order chi connectivity index (χ0) is 18.8. The van der Waals surface area contributed by atoms with Gasteiger partial charge in [0.2, 0.25) is 0 Å². The lowest BCUT2D eigenvalue weighted by Gasteiger charge is -2.18. The monoisotopic (exact) mass is 436 g/mol. The molecule has 0 fully saturated rings. The average molecular weight is 438 g/mol. The molecule has 4 rings (SSSR count). The van der Waals surface area contributed by atoms with Crippen LogP contribution in [0.2, 0.25) is 5.02 Å². The third-order valence-corrected chi connectivity index (χ3v) is 4.88. The van der Waals surface area contributed by atoms with Gasteiger partial charge in [0.25, 0.3) is 5.91 Å². The fourth-order valence-electron chi connectivity index (χ4n) is 2.87. The topological polar surface area (TPSA) is 32.7 Å². The summed E-state index contributed by atoms with van der Waals surface area (Å²) in [4.78, 5) is 19.4. The molecule has 1 amide bonds. The summed E-state index contributed by atoms with van der Waals surface area (Å²) in [5, 5.41) is 0.637. The van der Waals surface area contributed by atoms with Crippen LogP contribution in [0.3, 0.4) is 0 Å². The first kappa shape index (κ1) is 17.7. The average Bonchev–Trinajstić information content (AvgIpc) is 2.99. The molecule has 0 unspecified atom stereocenters. The van der Waals surface area contributed by atoms with Crippen LogP contribution in [0.15, 0.2) is 94.0 Å². The molecule has 1 heterocycles. The van der Waals surface area contributed by atoms with Crippen molar-refractivity contribution in [3.63, 3.8) is 0 Å². The van der Waals surface area contributed by atoms with Gasteiger partial charge in [0, 0.05) is 15.1 Å². The van der Waals surface area contributed by atoms with Crippen molar-refractivity contribution >= 4 is 51.0 Å². The predicted molar refractivity (Wildman–Crippen MR) is 114 cm³/mol. The zero-order valence-corrected chi connectivity index (χ0v) is 16.5. The summed E-state index contributed by atoms with van der Waals surface area (Å²) in [6.07, 6.45) is 1.80. The second-order valence-electron chi connectivity index (χ2n) is 6.00. The Balaban J connectivity index is 1.84. The molecule has 27 heavy (non-hydrogen) atoms. The number of carbonyl (C=O) groups is 1. The van der Waals surface area contributed by atoms with Crippen molar-refractivity contribution in [2.24, 2.45) is 4.99 Å². The van der Waals surface area contributed by atoms with E-state index in [1.54, 1.807) is 23.1 Å². The van der Waals surface area contributed by atoms with Crippen LogP contribution in [0.5, 0.6) is 0 Å². The van der Waals surface area contributed by atoms with Crippen LogP contribution < -0.4 is 4.90 Å². The summed E-state index contributed by atoms with van der Waals surface area (Å²) in [6, 6.07) is 24.6. The lowest BCUT2D eigenvalue weighted by molar-refractivity contribution is -0.113. The number of hydrogen-bond acceptors (Lipinski definition) is 2. The summed E-state index contributed by atoms with van der Waals surface area (Å²) >= 11 is 9.49. The van der Waals surface area contributed by atoms with Crippen LogP contribution in [0.25, 0.3) is 6.08 Å². The van der Waals surface area contributed by atoms with Gasteiger partial charge < -0.3 is 0 Å². The Morgan fingerprint density at radius 1 is 0.926 bits per heavy atom. The lowest BCUT2D eigenvalue weighted by Crippen LogP contribution is -2.32. The molecule has 0 atom stereocenters. The second kappa shape index (κ2) is 7.51. The van der Waals surface area contributed by atoms with Gasteiger partial charge in [-0.1, -0.05) is 63.9 Å². The Bertz CT molecular complexity index is 1060. The van der Waals surface area contributed by atoms with Crippen molar-refractivity contribution < 1.29 is 4.79 Å². The first-order valence-electron chi connectivity index (χ1n) is 8.33. The van der Waals surface area contributed by atoms with Crippen molar-refractivity contribution in [1.29, 1.82) is 0 Å². The SMILES string of the molecule is O=C1/C(=C\c2ccccc2)N=C(c2ccc(Cl)cc2)N1c1cccc(Br)c1. The second-order valence-corrected chi connectivity index (χ2v) is 7.36. The maximum atomic E-state index is 13.2. The van der Waals surface area contributed by atoms with Gasteiger partial charge in [0.1, 0.15) is 11.5 Å². The molecule has 0 saturated heterocycles. The molecule has 132 valence electrons. The normalized spacial score (nSPS) is 15.3. The molecule has 3 nitrogen and oxygen atoms in total. The quantitative estimate of drug-likeness (QED) is 0.467. The number of rotatable bonds is 3. The van der Waals surface area contributed by atoms with Crippen LogP contribution in [-0.4, -0.2) is 11.7 Å². The van der Waals surface area contributed by atoms with E-state index in [9.17, 15) is 4.79 Å². The van der Waals surface area contributed by atoms with Gasteiger partial charge in [-0.2, -0.15) is 0 Å². The van der Waals surface area contributed by atoms with Crippen molar-refractivity contribution in [1.82, 2.24) is 0 Å². The van der Waals surface area contributed by atoms with Gasteiger partial charge in [-0.15, -0.1) is 0 Å². The van der Waals surface area contributed by atoms with E-state index < -0.39 is 0 Å². The highest BCUT2D eigenvalue weighted by molar-refractivity contribution is 9.10. The number of amidine groups is 1. The number of amides is 1. The molecule has 1 aliphatic heterocycles. The summed E-state index contributed by atoms with van der Waals surface area (Å²) in [7, 11) is 0. The van der Waals surface area contributed by atoms with Gasteiger partial charge in [-0.25, -0.2) is 4.99 Å². The van der Waals surface area contributed by atoms with E-state index in [2.05, 4.69) is 20.9 Å². The molecular weight excluding hydrogens is 424 g/mol. The van der Waals surface area contributed by atoms with Crippen LogP contribution in [0.4, 0.5) is 5.69 Å². The van der Waals surface area contributed by atoms with Gasteiger partial charge in [0.15, 0.2) is 0 Å². The maximum absolute atomic E-state index is 13.2. The van der Waals surface area contributed by atoms with Crippen LogP contribution in [0, 0.1) is 0 Å². The third-order valence-electron chi connectivity index (χ3n) is 4.13. The van der Waals surface area contributed by atoms with E-state index in [4.69, 9.17) is 11.6 Å². The third kappa shape index (κ3) is 3.72. The molecule has 0 aliphatic carbocycles. The van der Waals surface area contributed by atoms with Gasteiger partial charge in [-0.3, -0.25) is 9.69 Å².